The maximum absolute atomic E-state index is 15.3. The standard InChI is InChI=1S/C27H18F8O/c1-2-3-4-14-5-7-18-15(9-14)6-8-19(25(18)32)16-10-20(28)24(21(29)11-16)17-12-22(30)26(23(31)13-17)36-27(33,34)35/h5-13H,2-4H2,1H3. The summed E-state index contributed by atoms with van der Waals surface area (Å²) in [6.07, 6.45) is -2.56. The van der Waals surface area contributed by atoms with Crippen molar-refractivity contribution >= 4 is 10.8 Å². The number of alkyl halides is 3. The fourth-order valence-corrected chi connectivity index (χ4v) is 4.02. The van der Waals surface area contributed by atoms with Crippen molar-refractivity contribution in [2.45, 2.75) is 32.5 Å². The average molecular weight is 510 g/mol. The van der Waals surface area contributed by atoms with Crippen LogP contribution in [0, 0.1) is 29.1 Å². The second-order valence-electron chi connectivity index (χ2n) is 8.22. The van der Waals surface area contributed by atoms with Crippen LogP contribution in [0.2, 0.25) is 0 Å². The molecule has 36 heavy (non-hydrogen) atoms. The van der Waals surface area contributed by atoms with Crippen molar-refractivity contribution < 1.29 is 39.9 Å². The molecule has 0 aliphatic rings. The van der Waals surface area contributed by atoms with E-state index in [0.29, 0.717) is 17.5 Å². The van der Waals surface area contributed by atoms with E-state index in [4.69, 9.17) is 0 Å². The number of hydrogen-bond donors (Lipinski definition) is 0. The summed E-state index contributed by atoms with van der Waals surface area (Å²) in [5.74, 6) is -8.63. The number of hydrogen-bond acceptors (Lipinski definition) is 1. The molecule has 188 valence electrons. The molecule has 0 fully saturated rings. The Balaban J connectivity index is 1.74. The van der Waals surface area contributed by atoms with Crippen LogP contribution in [0.4, 0.5) is 35.1 Å². The van der Waals surface area contributed by atoms with Crippen molar-refractivity contribution in [3.63, 3.8) is 0 Å². The summed E-state index contributed by atoms with van der Waals surface area (Å²) in [6.45, 7) is 2.06. The molecule has 0 N–H and O–H groups in total. The zero-order valence-electron chi connectivity index (χ0n) is 18.7. The Morgan fingerprint density at radius 2 is 1.33 bits per heavy atom. The molecule has 4 aromatic rings. The Hall–Kier alpha value is -3.62. The van der Waals surface area contributed by atoms with Crippen LogP contribution in [-0.2, 0) is 6.42 Å². The highest BCUT2D eigenvalue weighted by atomic mass is 19.4. The minimum Gasteiger partial charge on any atom is -0.399 e. The number of benzene rings is 4. The zero-order valence-corrected chi connectivity index (χ0v) is 18.7. The minimum absolute atomic E-state index is 0.0977. The molecule has 0 spiro atoms. The molecule has 0 aromatic heterocycles. The van der Waals surface area contributed by atoms with Crippen LogP contribution < -0.4 is 4.74 Å². The van der Waals surface area contributed by atoms with E-state index in [1.165, 1.54) is 6.07 Å². The smallest absolute Gasteiger partial charge is 0.399 e. The first-order valence-electron chi connectivity index (χ1n) is 10.9. The fourth-order valence-electron chi connectivity index (χ4n) is 4.02. The molecule has 4 aromatic carbocycles. The number of ether oxygens (including phenoxy) is 1. The Morgan fingerprint density at radius 1 is 0.722 bits per heavy atom. The summed E-state index contributed by atoms with van der Waals surface area (Å²) in [6, 6.07) is 10.4. The van der Waals surface area contributed by atoms with E-state index in [9.17, 15) is 30.7 Å². The molecule has 0 radical (unpaired) electrons. The molecular weight excluding hydrogens is 492 g/mol. The van der Waals surface area contributed by atoms with E-state index in [0.717, 1.165) is 37.0 Å². The number of halogens is 8. The molecule has 9 heteroatoms. The lowest BCUT2D eigenvalue weighted by atomic mass is 9.95. The van der Waals surface area contributed by atoms with E-state index >= 15 is 4.39 Å². The third-order valence-electron chi connectivity index (χ3n) is 5.70. The first-order chi connectivity index (χ1) is 17.0. The van der Waals surface area contributed by atoms with Gasteiger partial charge >= 0.3 is 6.36 Å². The van der Waals surface area contributed by atoms with Gasteiger partial charge in [-0.1, -0.05) is 43.7 Å². The van der Waals surface area contributed by atoms with E-state index in [1.807, 2.05) is 6.07 Å². The second kappa shape index (κ2) is 9.79. The molecule has 0 aliphatic heterocycles. The summed E-state index contributed by atoms with van der Waals surface area (Å²) in [5.41, 5.74) is -0.818. The van der Waals surface area contributed by atoms with Gasteiger partial charge in [-0.05, 0) is 59.2 Å². The van der Waals surface area contributed by atoms with Crippen molar-refractivity contribution in [2.75, 3.05) is 0 Å². The van der Waals surface area contributed by atoms with Gasteiger partial charge in [0, 0.05) is 10.9 Å². The first-order valence-corrected chi connectivity index (χ1v) is 10.9. The van der Waals surface area contributed by atoms with Gasteiger partial charge in [-0.3, -0.25) is 0 Å². The van der Waals surface area contributed by atoms with Crippen molar-refractivity contribution in [3.05, 3.63) is 89.2 Å². The number of unbranched alkanes of at least 4 members (excludes halogenated alkanes) is 1. The summed E-state index contributed by atoms with van der Waals surface area (Å²) in [4.78, 5) is 0. The molecule has 1 nitrogen and oxygen atoms in total. The topological polar surface area (TPSA) is 9.23 Å². The van der Waals surface area contributed by atoms with Crippen molar-refractivity contribution in [1.29, 1.82) is 0 Å². The zero-order chi connectivity index (χ0) is 26.2. The number of aryl methyl sites for hydroxylation is 1. The van der Waals surface area contributed by atoms with Crippen molar-refractivity contribution in [2.24, 2.45) is 0 Å². The maximum atomic E-state index is 15.3. The lowest BCUT2D eigenvalue weighted by Gasteiger charge is -2.14. The lowest BCUT2D eigenvalue weighted by molar-refractivity contribution is -0.276. The van der Waals surface area contributed by atoms with Gasteiger partial charge in [-0.2, -0.15) is 0 Å². The highest BCUT2D eigenvalue weighted by Gasteiger charge is 2.34. The van der Waals surface area contributed by atoms with Crippen LogP contribution in [0.5, 0.6) is 5.75 Å². The maximum Gasteiger partial charge on any atom is 0.573 e. The van der Waals surface area contributed by atoms with Crippen LogP contribution >= 0.6 is 0 Å². The van der Waals surface area contributed by atoms with E-state index < -0.39 is 52.3 Å². The molecule has 0 saturated heterocycles. The van der Waals surface area contributed by atoms with E-state index in [2.05, 4.69) is 11.7 Å². The molecule has 0 aliphatic carbocycles. The SMILES string of the molecule is CCCCc1ccc2c(F)c(-c3cc(F)c(-c4cc(F)c(OC(F)(F)F)c(F)c4)c(F)c3)ccc2c1. The molecule has 0 atom stereocenters. The van der Waals surface area contributed by atoms with Crippen molar-refractivity contribution in [3.8, 4) is 28.0 Å². The highest BCUT2D eigenvalue weighted by molar-refractivity contribution is 5.89. The monoisotopic (exact) mass is 510 g/mol. The van der Waals surface area contributed by atoms with Gasteiger partial charge in [0.2, 0.25) is 5.75 Å². The molecule has 0 unspecified atom stereocenters. The summed E-state index contributed by atoms with van der Waals surface area (Å²) in [7, 11) is 0. The van der Waals surface area contributed by atoms with Gasteiger partial charge in [0.25, 0.3) is 0 Å². The predicted molar refractivity (Wildman–Crippen MR) is 120 cm³/mol. The van der Waals surface area contributed by atoms with Crippen LogP contribution in [0.15, 0.2) is 54.6 Å². The van der Waals surface area contributed by atoms with Gasteiger partial charge in [-0.25, -0.2) is 22.0 Å². The fraction of sp³-hybridized carbons (Fsp3) is 0.185. The summed E-state index contributed by atoms with van der Waals surface area (Å²) >= 11 is 0. The third kappa shape index (κ3) is 5.15. The highest BCUT2D eigenvalue weighted by Crippen LogP contribution is 2.37. The molecule has 0 saturated carbocycles. The van der Waals surface area contributed by atoms with Crippen LogP contribution in [0.3, 0.4) is 0 Å². The van der Waals surface area contributed by atoms with Crippen LogP contribution in [0.25, 0.3) is 33.0 Å². The Kier molecular flexibility index (Phi) is 6.93. The van der Waals surface area contributed by atoms with Gasteiger partial charge in [0.1, 0.15) is 17.5 Å². The second-order valence-corrected chi connectivity index (χ2v) is 8.22. The molecule has 0 amide bonds. The number of rotatable bonds is 6. The van der Waals surface area contributed by atoms with Gasteiger partial charge in [-0.15, -0.1) is 13.2 Å². The Morgan fingerprint density at radius 3 is 1.92 bits per heavy atom. The van der Waals surface area contributed by atoms with Gasteiger partial charge < -0.3 is 4.74 Å². The van der Waals surface area contributed by atoms with E-state index in [-0.39, 0.29) is 16.5 Å². The van der Waals surface area contributed by atoms with Crippen molar-refractivity contribution in [1.82, 2.24) is 0 Å². The molecule has 0 heterocycles. The minimum atomic E-state index is -5.37. The van der Waals surface area contributed by atoms with Crippen LogP contribution in [0.1, 0.15) is 25.3 Å². The summed E-state index contributed by atoms with van der Waals surface area (Å²) < 4.78 is 114. The van der Waals surface area contributed by atoms with E-state index in [1.54, 1.807) is 18.2 Å². The Labute approximate surface area is 200 Å². The normalized spacial score (nSPS) is 11.8. The molecular formula is C27H18F8O. The average Bonchev–Trinajstić information content (AvgIpc) is 2.79. The third-order valence-corrected chi connectivity index (χ3v) is 5.70. The predicted octanol–water partition coefficient (Wildman–Crippen LogP) is 9.11. The molecule has 4 rings (SSSR count). The number of fused-ring (bicyclic) bond motifs is 1. The van der Waals surface area contributed by atoms with Crippen LogP contribution in [-0.4, -0.2) is 6.36 Å². The first kappa shape index (κ1) is 25.5. The lowest BCUT2D eigenvalue weighted by Crippen LogP contribution is -2.19. The van der Waals surface area contributed by atoms with Gasteiger partial charge in [0.05, 0.1) is 5.56 Å². The largest absolute Gasteiger partial charge is 0.573 e. The molecule has 0 bridgehead atoms. The summed E-state index contributed by atoms with van der Waals surface area (Å²) in [5, 5.41) is 0.872. The quantitative estimate of drug-likeness (QED) is 0.235. The van der Waals surface area contributed by atoms with Gasteiger partial charge in [0.15, 0.2) is 11.6 Å². The Bertz CT molecular complexity index is 1400.